The lowest BCUT2D eigenvalue weighted by molar-refractivity contribution is -0.143. The molecule has 0 saturated heterocycles. The van der Waals surface area contributed by atoms with Gasteiger partial charge in [0.1, 0.15) is 0 Å². The molecule has 1 amide bonds. The molecule has 0 bridgehead atoms. The zero-order valence-electron chi connectivity index (χ0n) is 50.1. The van der Waals surface area contributed by atoms with Crippen LogP contribution in [0.5, 0.6) is 0 Å². The van der Waals surface area contributed by atoms with Gasteiger partial charge in [0.15, 0.2) is 0 Å². The van der Waals surface area contributed by atoms with E-state index in [9.17, 15) is 19.8 Å². The first-order valence-corrected chi connectivity index (χ1v) is 33.6. The molecule has 438 valence electrons. The van der Waals surface area contributed by atoms with Crippen molar-refractivity contribution in [3.63, 3.8) is 0 Å². The summed E-state index contributed by atoms with van der Waals surface area (Å²) >= 11 is 0. The zero-order valence-corrected chi connectivity index (χ0v) is 50.1. The molecule has 0 aromatic heterocycles. The summed E-state index contributed by atoms with van der Waals surface area (Å²) < 4.78 is 5.50. The Morgan fingerprint density at radius 3 is 0.959 bits per heavy atom. The Hall–Kier alpha value is -1.66. The molecule has 0 radical (unpaired) electrons. The van der Waals surface area contributed by atoms with Crippen LogP contribution >= 0.6 is 0 Å². The molecule has 0 aromatic rings. The van der Waals surface area contributed by atoms with E-state index in [-0.39, 0.29) is 18.5 Å². The number of unbranched alkanes of at least 4 members (excludes halogenated alkanes) is 50. The number of aliphatic hydroxyl groups excluding tert-OH is 2. The van der Waals surface area contributed by atoms with Gasteiger partial charge in [-0.1, -0.05) is 327 Å². The van der Waals surface area contributed by atoms with Crippen molar-refractivity contribution < 1.29 is 24.5 Å². The number of ether oxygens (including phenoxy) is 1. The van der Waals surface area contributed by atoms with Crippen LogP contribution in [0.2, 0.25) is 0 Å². The van der Waals surface area contributed by atoms with Gasteiger partial charge in [0.25, 0.3) is 0 Å². The van der Waals surface area contributed by atoms with Gasteiger partial charge in [-0.3, -0.25) is 9.59 Å². The molecule has 0 spiro atoms. The number of allylic oxidation sites excluding steroid dienone is 3. The fourth-order valence-corrected chi connectivity index (χ4v) is 10.6. The summed E-state index contributed by atoms with van der Waals surface area (Å²) in [6.07, 6.45) is 79.4. The Bertz CT molecular complexity index is 1150. The molecule has 3 N–H and O–H groups in total. The van der Waals surface area contributed by atoms with E-state index in [1.807, 2.05) is 6.08 Å². The van der Waals surface area contributed by atoms with E-state index >= 15 is 0 Å². The summed E-state index contributed by atoms with van der Waals surface area (Å²) in [6.45, 7) is 4.92. The molecule has 0 aliphatic rings. The molecule has 2 atom stereocenters. The summed E-state index contributed by atoms with van der Waals surface area (Å²) in [7, 11) is 0. The number of esters is 1. The van der Waals surface area contributed by atoms with Crippen molar-refractivity contribution in [2.45, 2.75) is 386 Å². The number of amides is 1. The lowest BCUT2D eigenvalue weighted by Crippen LogP contribution is -2.45. The highest BCUT2D eigenvalue weighted by Crippen LogP contribution is 2.18. The van der Waals surface area contributed by atoms with Crippen molar-refractivity contribution >= 4 is 11.9 Å². The minimum absolute atomic E-state index is 0.00251. The van der Waals surface area contributed by atoms with Crippen molar-refractivity contribution in [1.29, 1.82) is 0 Å². The Kier molecular flexibility index (Phi) is 62.4. The number of hydrogen-bond donors (Lipinski definition) is 3. The standard InChI is InChI=1S/C68H131NO5/c1-3-5-7-9-11-13-15-17-19-21-23-24-25-26-28-32-36-40-44-48-52-56-60-66(71)65(64-70)69-67(72)61-57-53-49-45-41-37-33-29-27-31-35-39-43-47-51-55-59-63-74-68(73)62-58-54-50-46-42-38-34-30-22-20-18-16-14-12-10-8-6-4-2/h20,22,56,60,65-66,70-71H,3-19,21,23-55,57-59,61-64H2,1-2H3,(H,69,72)/b22-20-,60-56+. The smallest absolute Gasteiger partial charge is 0.305 e. The summed E-state index contributed by atoms with van der Waals surface area (Å²) in [6, 6.07) is -0.633. The van der Waals surface area contributed by atoms with Gasteiger partial charge in [-0.15, -0.1) is 0 Å². The van der Waals surface area contributed by atoms with E-state index in [1.165, 1.54) is 302 Å². The van der Waals surface area contributed by atoms with Crippen LogP contribution in [0.25, 0.3) is 0 Å². The fraction of sp³-hybridized carbons (Fsp3) is 0.912. The molecule has 6 heteroatoms. The highest BCUT2D eigenvalue weighted by Gasteiger charge is 2.18. The minimum Gasteiger partial charge on any atom is -0.466 e. The molecule has 0 heterocycles. The number of aliphatic hydroxyl groups is 2. The minimum atomic E-state index is -0.849. The molecule has 0 aliphatic heterocycles. The highest BCUT2D eigenvalue weighted by atomic mass is 16.5. The van der Waals surface area contributed by atoms with Crippen LogP contribution in [-0.4, -0.2) is 47.4 Å². The predicted molar refractivity (Wildman–Crippen MR) is 324 cm³/mol. The van der Waals surface area contributed by atoms with E-state index in [0.717, 1.165) is 44.9 Å². The SMILES string of the molecule is CCCCCCCCC/C=C\CCCCCCCCCC(=O)OCCCCCCCCCCCCCCCCCCCC(=O)NC(CO)C(O)/C=C/CCCCCCCCCCCCCCCCCCCCCC. The number of rotatable bonds is 63. The van der Waals surface area contributed by atoms with Gasteiger partial charge in [0.05, 0.1) is 25.4 Å². The van der Waals surface area contributed by atoms with Crippen molar-refractivity contribution in [2.75, 3.05) is 13.2 Å². The normalized spacial score (nSPS) is 12.6. The number of hydrogen-bond acceptors (Lipinski definition) is 5. The van der Waals surface area contributed by atoms with Gasteiger partial charge >= 0.3 is 5.97 Å². The van der Waals surface area contributed by atoms with Crippen molar-refractivity contribution in [3.05, 3.63) is 24.3 Å². The molecule has 74 heavy (non-hydrogen) atoms. The Balaban J connectivity index is 3.43. The third-order valence-electron chi connectivity index (χ3n) is 15.7. The third-order valence-corrected chi connectivity index (χ3v) is 15.7. The van der Waals surface area contributed by atoms with Gasteiger partial charge < -0.3 is 20.3 Å². The summed E-state index contributed by atoms with van der Waals surface area (Å²) in [5.74, 6) is -0.0670. The van der Waals surface area contributed by atoms with Gasteiger partial charge in [0.2, 0.25) is 5.91 Å². The molecular formula is C68H131NO5. The molecule has 0 aliphatic carbocycles. The highest BCUT2D eigenvalue weighted by molar-refractivity contribution is 5.76. The maximum absolute atomic E-state index is 12.5. The molecular weight excluding hydrogens is 911 g/mol. The predicted octanol–water partition coefficient (Wildman–Crippen LogP) is 21.4. The Labute approximate surface area is 462 Å². The summed E-state index contributed by atoms with van der Waals surface area (Å²) in [4.78, 5) is 24.6. The number of carbonyl (C=O) groups excluding carboxylic acids is 2. The monoisotopic (exact) mass is 1040 g/mol. The molecule has 2 unspecified atom stereocenters. The first kappa shape index (κ1) is 72.3. The van der Waals surface area contributed by atoms with Crippen LogP contribution in [0.1, 0.15) is 373 Å². The van der Waals surface area contributed by atoms with E-state index in [1.54, 1.807) is 6.08 Å². The van der Waals surface area contributed by atoms with Crippen molar-refractivity contribution in [3.8, 4) is 0 Å². The first-order valence-electron chi connectivity index (χ1n) is 33.6. The van der Waals surface area contributed by atoms with E-state index < -0.39 is 12.1 Å². The van der Waals surface area contributed by atoms with Crippen molar-refractivity contribution in [2.24, 2.45) is 0 Å². The van der Waals surface area contributed by atoms with Crippen LogP contribution in [0.15, 0.2) is 24.3 Å². The quantitative estimate of drug-likeness (QED) is 0.0320. The second-order valence-corrected chi connectivity index (χ2v) is 23.2. The van der Waals surface area contributed by atoms with Crippen LogP contribution < -0.4 is 5.32 Å². The van der Waals surface area contributed by atoms with E-state index in [4.69, 9.17) is 4.74 Å². The Morgan fingerprint density at radius 1 is 0.365 bits per heavy atom. The molecule has 0 fully saturated rings. The zero-order chi connectivity index (χ0) is 53.6. The lowest BCUT2D eigenvalue weighted by atomic mass is 10.0. The van der Waals surface area contributed by atoms with Gasteiger partial charge in [-0.2, -0.15) is 0 Å². The molecule has 6 nitrogen and oxygen atoms in total. The largest absolute Gasteiger partial charge is 0.466 e. The second kappa shape index (κ2) is 63.9. The number of nitrogens with one attached hydrogen (secondary N) is 1. The van der Waals surface area contributed by atoms with E-state index in [2.05, 4.69) is 31.3 Å². The summed E-state index contributed by atoms with van der Waals surface area (Å²) in [5, 5.41) is 23.2. The van der Waals surface area contributed by atoms with E-state index in [0.29, 0.717) is 19.4 Å². The maximum atomic E-state index is 12.5. The van der Waals surface area contributed by atoms with Gasteiger partial charge in [-0.05, 0) is 57.8 Å². The van der Waals surface area contributed by atoms with Crippen LogP contribution in [0, 0.1) is 0 Å². The molecule has 0 saturated carbocycles. The second-order valence-electron chi connectivity index (χ2n) is 23.2. The lowest BCUT2D eigenvalue weighted by Gasteiger charge is -2.20. The first-order chi connectivity index (χ1) is 36.5. The number of carbonyl (C=O) groups is 2. The third kappa shape index (κ3) is 59.6. The van der Waals surface area contributed by atoms with Crippen LogP contribution in [0.4, 0.5) is 0 Å². The maximum Gasteiger partial charge on any atom is 0.305 e. The fourth-order valence-electron chi connectivity index (χ4n) is 10.6. The van der Waals surface area contributed by atoms with Crippen LogP contribution in [0.3, 0.4) is 0 Å². The molecule has 0 aromatic carbocycles. The average molecular weight is 1040 g/mol. The van der Waals surface area contributed by atoms with Crippen LogP contribution in [-0.2, 0) is 14.3 Å². The van der Waals surface area contributed by atoms with Crippen molar-refractivity contribution in [1.82, 2.24) is 5.32 Å². The van der Waals surface area contributed by atoms with Gasteiger partial charge in [0, 0.05) is 12.8 Å². The topological polar surface area (TPSA) is 95.9 Å². The summed E-state index contributed by atoms with van der Waals surface area (Å²) in [5.41, 5.74) is 0. The van der Waals surface area contributed by atoms with Gasteiger partial charge in [-0.25, -0.2) is 0 Å². The average Bonchev–Trinajstić information content (AvgIpc) is 3.40. The molecule has 0 rings (SSSR count). The Morgan fingerprint density at radius 2 is 0.635 bits per heavy atom.